The molecule has 0 saturated heterocycles. The van der Waals surface area contributed by atoms with Gasteiger partial charge in [-0.2, -0.15) is 0 Å². The summed E-state index contributed by atoms with van der Waals surface area (Å²) < 4.78 is 0. The van der Waals surface area contributed by atoms with Gasteiger partial charge in [0.2, 0.25) is 0 Å². The Morgan fingerprint density at radius 3 is 2.59 bits per heavy atom. The third-order valence-electron chi connectivity index (χ3n) is 2.76. The Labute approximate surface area is 101 Å². The fraction of sp³-hybridized carbons (Fsp3) is 0.133. The van der Waals surface area contributed by atoms with Crippen molar-refractivity contribution in [1.29, 1.82) is 0 Å². The Morgan fingerprint density at radius 1 is 1.12 bits per heavy atom. The Bertz CT molecular complexity index is 546. The highest BCUT2D eigenvalue weighted by Gasteiger charge is 2.09. The van der Waals surface area contributed by atoms with E-state index in [1.54, 1.807) is 0 Å². The van der Waals surface area contributed by atoms with Crippen molar-refractivity contribution >= 4 is 11.5 Å². The maximum atomic E-state index is 12.1. The number of rotatable bonds is 3. The van der Waals surface area contributed by atoms with Gasteiger partial charge in [0.1, 0.15) is 0 Å². The molecule has 0 aliphatic carbocycles. The fourth-order valence-electron chi connectivity index (χ4n) is 1.87. The highest BCUT2D eigenvalue weighted by Crippen LogP contribution is 2.13. The van der Waals surface area contributed by atoms with Crippen molar-refractivity contribution in [3.8, 4) is 0 Å². The molecule has 0 radical (unpaired) electrons. The van der Waals surface area contributed by atoms with E-state index in [0.29, 0.717) is 12.1 Å². The molecule has 86 valence electrons. The van der Waals surface area contributed by atoms with Crippen LogP contribution in [0.15, 0.2) is 48.5 Å². The summed E-state index contributed by atoms with van der Waals surface area (Å²) in [4.78, 5) is 12.1. The quantitative estimate of drug-likeness (QED) is 0.644. The molecule has 2 aromatic rings. The van der Waals surface area contributed by atoms with E-state index in [1.807, 2.05) is 55.5 Å². The summed E-state index contributed by atoms with van der Waals surface area (Å²) in [6.07, 6.45) is 0.399. The highest BCUT2D eigenvalue weighted by molar-refractivity contribution is 5.98. The number of hydrogen-bond acceptors (Lipinski definition) is 2. The van der Waals surface area contributed by atoms with Crippen molar-refractivity contribution in [2.75, 3.05) is 5.73 Å². The second kappa shape index (κ2) is 4.83. The van der Waals surface area contributed by atoms with Crippen molar-refractivity contribution in [2.45, 2.75) is 13.3 Å². The summed E-state index contributed by atoms with van der Waals surface area (Å²) in [6.45, 7) is 1.95. The van der Waals surface area contributed by atoms with Crippen LogP contribution < -0.4 is 5.73 Å². The lowest BCUT2D eigenvalue weighted by atomic mass is 9.99. The second-order valence-corrected chi connectivity index (χ2v) is 4.16. The molecule has 2 rings (SSSR count). The standard InChI is InChI=1S/C15H15NO/c1-11-5-2-3-8-14(11)15(17)10-12-6-4-7-13(16)9-12/h2-9H,10,16H2,1H3. The lowest BCUT2D eigenvalue weighted by molar-refractivity contribution is 0.0992. The Hall–Kier alpha value is -2.09. The maximum Gasteiger partial charge on any atom is 0.167 e. The van der Waals surface area contributed by atoms with Crippen LogP contribution in [0.2, 0.25) is 0 Å². The molecule has 2 aromatic carbocycles. The summed E-state index contributed by atoms with van der Waals surface area (Å²) in [7, 11) is 0. The Kier molecular flexibility index (Phi) is 3.24. The van der Waals surface area contributed by atoms with Gasteiger partial charge in [0.25, 0.3) is 0 Å². The average molecular weight is 225 g/mol. The number of nitrogens with two attached hydrogens (primary N) is 1. The average Bonchev–Trinajstić information content (AvgIpc) is 2.29. The lowest BCUT2D eigenvalue weighted by Crippen LogP contribution is -2.05. The molecular weight excluding hydrogens is 210 g/mol. The third kappa shape index (κ3) is 2.72. The molecule has 0 fully saturated rings. The largest absolute Gasteiger partial charge is 0.399 e. The number of carbonyl (C=O) groups is 1. The minimum absolute atomic E-state index is 0.133. The van der Waals surface area contributed by atoms with Crippen LogP contribution in [0.1, 0.15) is 21.5 Å². The Morgan fingerprint density at radius 2 is 1.88 bits per heavy atom. The van der Waals surface area contributed by atoms with Gasteiger partial charge in [0, 0.05) is 17.7 Å². The molecule has 2 N–H and O–H groups in total. The number of carbonyl (C=O) groups excluding carboxylic acids is 1. The van der Waals surface area contributed by atoms with Crippen LogP contribution in [0.5, 0.6) is 0 Å². The van der Waals surface area contributed by atoms with Gasteiger partial charge in [-0.15, -0.1) is 0 Å². The molecule has 0 bridgehead atoms. The molecular formula is C15H15NO. The SMILES string of the molecule is Cc1ccccc1C(=O)Cc1cccc(N)c1. The molecule has 17 heavy (non-hydrogen) atoms. The van der Waals surface area contributed by atoms with Crippen LogP contribution in [0.4, 0.5) is 5.69 Å². The first-order valence-electron chi connectivity index (χ1n) is 5.60. The van der Waals surface area contributed by atoms with Crippen LogP contribution in [0.3, 0.4) is 0 Å². The van der Waals surface area contributed by atoms with E-state index in [-0.39, 0.29) is 5.78 Å². The first kappa shape index (κ1) is 11.4. The van der Waals surface area contributed by atoms with Gasteiger partial charge in [-0.3, -0.25) is 4.79 Å². The van der Waals surface area contributed by atoms with Gasteiger partial charge < -0.3 is 5.73 Å². The van der Waals surface area contributed by atoms with E-state index >= 15 is 0 Å². The van der Waals surface area contributed by atoms with Crippen molar-refractivity contribution in [1.82, 2.24) is 0 Å². The molecule has 0 atom stereocenters. The van der Waals surface area contributed by atoms with E-state index < -0.39 is 0 Å². The minimum Gasteiger partial charge on any atom is -0.399 e. The predicted molar refractivity (Wildman–Crippen MR) is 70.1 cm³/mol. The number of Topliss-reactive ketones (excluding diaryl/α,β-unsaturated/α-hetero) is 1. The first-order valence-corrected chi connectivity index (χ1v) is 5.60. The van der Waals surface area contributed by atoms with Gasteiger partial charge in [-0.05, 0) is 30.2 Å². The molecule has 0 amide bonds. The number of aryl methyl sites for hydroxylation is 1. The molecule has 2 heteroatoms. The van der Waals surface area contributed by atoms with Crippen LogP contribution >= 0.6 is 0 Å². The number of hydrogen-bond donors (Lipinski definition) is 1. The zero-order valence-electron chi connectivity index (χ0n) is 9.81. The number of benzene rings is 2. The van der Waals surface area contributed by atoms with Gasteiger partial charge in [-0.1, -0.05) is 36.4 Å². The van der Waals surface area contributed by atoms with E-state index in [1.165, 1.54) is 0 Å². The van der Waals surface area contributed by atoms with Gasteiger partial charge in [0.15, 0.2) is 5.78 Å². The van der Waals surface area contributed by atoms with Crippen molar-refractivity contribution in [3.63, 3.8) is 0 Å². The molecule has 0 unspecified atom stereocenters. The van der Waals surface area contributed by atoms with E-state index in [0.717, 1.165) is 16.7 Å². The summed E-state index contributed by atoms with van der Waals surface area (Å²) in [5.74, 6) is 0.133. The fourth-order valence-corrected chi connectivity index (χ4v) is 1.87. The molecule has 0 heterocycles. The number of ketones is 1. The highest BCUT2D eigenvalue weighted by atomic mass is 16.1. The number of nitrogen functional groups attached to an aromatic ring is 1. The maximum absolute atomic E-state index is 12.1. The van der Waals surface area contributed by atoms with Gasteiger partial charge >= 0.3 is 0 Å². The summed E-state index contributed by atoms with van der Waals surface area (Å²) in [5, 5.41) is 0. The number of anilines is 1. The van der Waals surface area contributed by atoms with Gasteiger partial charge in [-0.25, -0.2) is 0 Å². The smallest absolute Gasteiger partial charge is 0.167 e. The van der Waals surface area contributed by atoms with Crippen LogP contribution in [-0.2, 0) is 6.42 Å². The first-order chi connectivity index (χ1) is 8.16. The molecule has 0 spiro atoms. The van der Waals surface area contributed by atoms with E-state index in [9.17, 15) is 4.79 Å². The lowest BCUT2D eigenvalue weighted by Gasteiger charge is -2.05. The van der Waals surface area contributed by atoms with Crippen LogP contribution in [0, 0.1) is 6.92 Å². The van der Waals surface area contributed by atoms with Crippen LogP contribution in [0.25, 0.3) is 0 Å². The second-order valence-electron chi connectivity index (χ2n) is 4.16. The summed E-state index contributed by atoms with van der Waals surface area (Å²) in [6, 6.07) is 15.1. The summed E-state index contributed by atoms with van der Waals surface area (Å²) >= 11 is 0. The van der Waals surface area contributed by atoms with Gasteiger partial charge in [0.05, 0.1) is 0 Å². The molecule has 0 aromatic heterocycles. The van der Waals surface area contributed by atoms with E-state index in [2.05, 4.69) is 0 Å². The predicted octanol–water partition coefficient (Wildman–Crippen LogP) is 3.00. The zero-order chi connectivity index (χ0) is 12.3. The normalized spacial score (nSPS) is 10.2. The van der Waals surface area contributed by atoms with Crippen molar-refractivity contribution in [3.05, 3.63) is 65.2 Å². The zero-order valence-corrected chi connectivity index (χ0v) is 9.81. The van der Waals surface area contributed by atoms with Crippen molar-refractivity contribution < 1.29 is 4.79 Å². The third-order valence-corrected chi connectivity index (χ3v) is 2.76. The minimum atomic E-state index is 0.133. The van der Waals surface area contributed by atoms with E-state index in [4.69, 9.17) is 5.73 Å². The molecule has 0 aliphatic rings. The molecule has 0 saturated carbocycles. The van der Waals surface area contributed by atoms with Crippen molar-refractivity contribution in [2.24, 2.45) is 0 Å². The monoisotopic (exact) mass is 225 g/mol. The molecule has 2 nitrogen and oxygen atoms in total. The summed E-state index contributed by atoms with van der Waals surface area (Å²) in [5.41, 5.74) is 9.14. The topological polar surface area (TPSA) is 43.1 Å². The van der Waals surface area contributed by atoms with Crippen LogP contribution in [-0.4, -0.2) is 5.78 Å². The molecule has 0 aliphatic heterocycles. The Balaban J connectivity index is 2.20.